The summed E-state index contributed by atoms with van der Waals surface area (Å²) in [6, 6.07) is 9.26. The van der Waals surface area contributed by atoms with E-state index >= 15 is 0 Å². The first-order valence-corrected chi connectivity index (χ1v) is 14.6. The fourth-order valence-corrected chi connectivity index (χ4v) is 6.08. The molecule has 1 aliphatic rings. The number of carbonyl (C=O) groups excluding carboxylic acids is 2. The van der Waals surface area contributed by atoms with Gasteiger partial charge < -0.3 is 29.0 Å². The highest BCUT2D eigenvalue weighted by Crippen LogP contribution is 2.51. The van der Waals surface area contributed by atoms with Crippen LogP contribution in [0.15, 0.2) is 30.3 Å². The fourth-order valence-electron chi connectivity index (χ4n) is 6.08. The molecule has 0 saturated heterocycles. The lowest BCUT2D eigenvalue weighted by atomic mass is 9.80. The molecule has 3 atom stereocenters. The average molecular weight is 593 g/mol. The van der Waals surface area contributed by atoms with Crippen LogP contribution in [0.4, 0.5) is 0 Å². The standard InChI is InChI=1S/C34H44N2O7/c1-18(2)25(35-21(5)37)17-43-34(38)24-15-27(40-8)32-22(12-11-13-26(32)39-7)31(24)33-23-14-19(3)36(6)20(4)30(23)28(41-9)16-29(33)42-10/h11-13,15-16,18-20,25H,14,17H2,1-10H3,(H,35,37)/t19-,20+,25+/m0/s1. The fraction of sp³-hybridized carbons (Fsp3) is 0.471. The number of hydrogen-bond donors (Lipinski definition) is 1. The van der Waals surface area contributed by atoms with Crippen molar-refractivity contribution in [1.29, 1.82) is 0 Å². The molecule has 0 aliphatic carbocycles. The Hall–Kier alpha value is -3.98. The van der Waals surface area contributed by atoms with Gasteiger partial charge in [-0.05, 0) is 56.3 Å². The minimum atomic E-state index is -0.533. The zero-order valence-corrected chi connectivity index (χ0v) is 26.9. The first-order valence-electron chi connectivity index (χ1n) is 14.6. The molecule has 0 spiro atoms. The number of ether oxygens (including phenoxy) is 5. The van der Waals surface area contributed by atoms with Gasteiger partial charge in [-0.25, -0.2) is 4.79 Å². The summed E-state index contributed by atoms with van der Waals surface area (Å²) in [6.07, 6.45) is 0.711. The maximum absolute atomic E-state index is 14.1. The number of nitrogens with zero attached hydrogens (tertiary/aromatic N) is 1. The van der Waals surface area contributed by atoms with Crippen LogP contribution in [0.2, 0.25) is 0 Å². The summed E-state index contributed by atoms with van der Waals surface area (Å²) in [6.45, 7) is 9.76. The van der Waals surface area contributed by atoms with Crippen LogP contribution in [0.1, 0.15) is 62.1 Å². The number of esters is 1. The molecule has 0 aromatic heterocycles. The van der Waals surface area contributed by atoms with Crippen LogP contribution in [-0.2, 0) is 16.0 Å². The Balaban J connectivity index is 2.07. The summed E-state index contributed by atoms with van der Waals surface area (Å²) in [5.41, 5.74) is 3.90. The highest BCUT2D eigenvalue weighted by molar-refractivity contribution is 6.13. The quantitative estimate of drug-likeness (QED) is 0.296. The van der Waals surface area contributed by atoms with Crippen LogP contribution in [0.5, 0.6) is 23.0 Å². The molecular formula is C34H44N2O7. The topological polar surface area (TPSA) is 95.6 Å². The van der Waals surface area contributed by atoms with Gasteiger partial charge >= 0.3 is 5.97 Å². The summed E-state index contributed by atoms with van der Waals surface area (Å²) in [7, 11) is 8.57. The summed E-state index contributed by atoms with van der Waals surface area (Å²) < 4.78 is 29.4. The van der Waals surface area contributed by atoms with Crippen molar-refractivity contribution in [3.8, 4) is 34.1 Å². The normalized spacial score (nSPS) is 17.3. The van der Waals surface area contributed by atoms with E-state index < -0.39 is 5.97 Å². The number of benzene rings is 3. The number of carbonyl (C=O) groups is 2. The Bertz CT molecular complexity index is 1520. The molecular weight excluding hydrogens is 548 g/mol. The van der Waals surface area contributed by atoms with E-state index in [1.165, 1.54) is 6.92 Å². The SMILES string of the molecule is COc1cc(OC)c2c(c1-c1c(C(=O)OC[C@@H](NC(C)=O)C(C)C)cc(OC)c3c(OC)cccc13)C[C@H](C)N(C)[C@@H]2C. The first kappa shape index (κ1) is 31.9. The van der Waals surface area contributed by atoms with E-state index in [1.807, 2.05) is 38.1 Å². The summed E-state index contributed by atoms with van der Waals surface area (Å²) >= 11 is 0. The van der Waals surface area contributed by atoms with Crippen molar-refractivity contribution in [2.24, 2.45) is 5.92 Å². The molecule has 43 heavy (non-hydrogen) atoms. The van der Waals surface area contributed by atoms with Crippen LogP contribution in [0, 0.1) is 5.92 Å². The molecule has 0 saturated carbocycles. The van der Waals surface area contributed by atoms with Crippen molar-refractivity contribution in [3.05, 3.63) is 47.0 Å². The maximum atomic E-state index is 14.1. The summed E-state index contributed by atoms with van der Waals surface area (Å²) in [5, 5.41) is 4.39. The lowest BCUT2D eigenvalue weighted by Gasteiger charge is -2.40. The highest BCUT2D eigenvalue weighted by atomic mass is 16.5. The van der Waals surface area contributed by atoms with Crippen LogP contribution in [-0.4, -0.2) is 71.0 Å². The van der Waals surface area contributed by atoms with Gasteiger partial charge in [0.15, 0.2) is 0 Å². The zero-order valence-electron chi connectivity index (χ0n) is 26.9. The molecule has 1 heterocycles. The zero-order chi connectivity index (χ0) is 31.6. The third-order valence-electron chi connectivity index (χ3n) is 8.65. The first-order chi connectivity index (χ1) is 20.5. The number of amides is 1. The lowest BCUT2D eigenvalue weighted by Crippen LogP contribution is -2.41. The van der Waals surface area contributed by atoms with Gasteiger partial charge in [0.25, 0.3) is 0 Å². The molecule has 1 aliphatic heterocycles. The second-order valence-electron chi connectivity index (χ2n) is 11.5. The maximum Gasteiger partial charge on any atom is 0.338 e. The van der Waals surface area contributed by atoms with Gasteiger partial charge in [-0.2, -0.15) is 0 Å². The molecule has 3 aromatic rings. The van der Waals surface area contributed by atoms with Gasteiger partial charge in [-0.15, -0.1) is 0 Å². The predicted molar refractivity (Wildman–Crippen MR) is 168 cm³/mol. The van der Waals surface area contributed by atoms with Crippen molar-refractivity contribution in [2.75, 3.05) is 42.1 Å². The van der Waals surface area contributed by atoms with E-state index in [1.54, 1.807) is 34.5 Å². The molecule has 3 aromatic carbocycles. The third-order valence-corrected chi connectivity index (χ3v) is 8.65. The minimum absolute atomic E-state index is 0.0186. The monoisotopic (exact) mass is 592 g/mol. The number of likely N-dealkylation sites (N-methyl/N-ethyl adjacent to an activating group) is 1. The Labute approximate surface area is 254 Å². The van der Waals surface area contributed by atoms with E-state index in [4.69, 9.17) is 23.7 Å². The second-order valence-corrected chi connectivity index (χ2v) is 11.5. The molecule has 232 valence electrons. The third kappa shape index (κ3) is 5.95. The van der Waals surface area contributed by atoms with Gasteiger partial charge in [0.05, 0.1) is 45.4 Å². The second kappa shape index (κ2) is 13.1. The summed E-state index contributed by atoms with van der Waals surface area (Å²) in [5.74, 6) is 1.75. The van der Waals surface area contributed by atoms with Gasteiger partial charge in [-0.3, -0.25) is 9.69 Å². The molecule has 0 bridgehead atoms. The highest BCUT2D eigenvalue weighted by Gasteiger charge is 2.35. The van der Waals surface area contributed by atoms with Crippen molar-refractivity contribution in [3.63, 3.8) is 0 Å². The molecule has 4 rings (SSSR count). The molecule has 0 fully saturated rings. The van der Waals surface area contributed by atoms with Crippen molar-refractivity contribution in [2.45, 2.75) is 59.2 Å². The predicted octanol–water partition coefficient (Wildman–Crippen LogP) is 5.80. The van der Waals surface area contributed by atoms with Crippen molar-refractivity contribution >= 4 is 22.6 Å². The molecule has 9 heteroatoms. The lowest BCUT2D eigenvalue weighted by molar-refractivity contribution is -0.120. The van der Waals surface area contributed by atoms with Gasteiger partial charge in [0.2, 0.25) is 5.91 Å². The van der Waals surface area contributed by atoms with E-state index in [-0.39, 0.29) is 36.6 Å². The van der Waals surface area contributed by atoms with Crippen LogP contribution in [0.3, 0.4) is 0 Å². The molecule has 1 N–H and O–H groups in total. The van der Waals surface area contributed by atoms with Crippen molar-refractivity contribution in [1.82, 2.24) is 10.2 Å². The van der Waals surface area contributed by atoms with Crippen LogP contribution in [0.25, 0.3) is 21.9 Å². The van der Waals surface area contributed by atoms with Gasteiger partial charge in [0, 0.05) is 41.8 Å². The molecule has 9 nitrogen and oxygen atoms in total. The Morgan fingerprint density at radius 1 is 0.930 bits per heavy atom. The van der Waals surface area contributed by atoms with Crippen LogP contribution < -0.4 is 24.3 Å². The number of nitrogens with one attached hydrogen (secondary N) is 1. The van der Waals surface area contributed by atoms with Crippen LogP contribution >= 0.6 is 0 Å². The largest absolute Gasteiger partial charge is 0.496 e. The van der Waals surface area contributed by atoms with Gasteiger partial charge in [0.1, 0.15) is 29.6 Å². The molecule has 1 amide bonds. The number of rotatable bonds is 10. The number of methoxy groups -OCH3 is 4. The molecule has 0 radical (unpaired) electrons. The minimum Gasteiger partial charge on any atom is -0.496 e. The summed E-state index contributed by atoms with van der Waals surface area (Å²) in [4.78, 5) is 28.2. The molecule has 0 unspecified atom stereocenters. The number of hydrogen-bond acceptors (Lipinski definition) is 8. The van der Waals surface area contributed by atoms with Gasteiger partial charge in [-0.1, -0.05) is 26.0 Å². The van der Waals surface area contributed by atoms with E-state index in [0.717, 1.165) is 33.2 Å². The Morgan fingerprint density at radius 2 is 1.58 bits per heavy atom. The Morgan fingerprint density at radius 3 is 2.16 bits per heavy atom. The van der Waals surface area contributed by atoms with E-state index in [9.17, 15) is 9.59 Å². The Kier molecular flexibility index (Phi) is 9.75. The smallest absolute Gasteiger partial charge is 0.338 e. The van der Waals surface area contributed by atoms with Crippen molar-refractivity contribution < 1.29 is 33.3 Å². The average Bonchev–Trinajstić information content (AvgIpc) is 2.99. The van der Waals surface area contributed by atoms with E-state index in [0.29, 0.717) is 34.8 Å². The van der Waals surface area contributed by atoms with E-state index in [2.05, 4.69) is 31.1 Å². The number of fused-ring (bicyclic) bond motifs is 2.